The Morgan fingerprint density at radius 1 is 1.00 bits per heavy atom. The molecule has 8 nitrogen and oxygen atoms in total. The van der Waals surface area contributed by atoms with E-state index in [1.54, 1.807) is 0 Å². The van der Waals surface area contributed by atoms with Gasteiger partial charge in [-0.2, -0.15) is 4.31 Å². The molecule has 0 spiro atoms. The number of hydrogen-bond acceptors (Lipinski definition) is 6. The SMILES string of the molecule is C=CCN(CC=C)S(=O)(=O)c1ccc(C(=O)Nc2nnc(Cc3ccc(CC)cc3)o2)cc1. The molecule has 9 heteroatoms. The van der Waals surface area contributed by atoms with Gasteiger partial charge in [0, 0.05) is 18.7 Å². The number of amides is 1. The molecule has 1 N–H and O–H groups in total. The number of hydrogen-bond donors (Lipinski definition) is 1. The van der Waals surface area contributed by atoms with Crippen molar-refractivity contribution in [2.75, 3.05) is 18.4 Å². The van der Waals surface area contributed by atoms with Gasteiger partial charge >= 0.3 is 6.01 Å². The maximum Gasteiger partial charge on any atom is 0.322 e. The molecule has 0 saturated carbocycles. The number of rotatable bonds is 11. The van der Waals surface area contributed by atoms with Crippen LogP contribution in [0.3, 0.4) is 0 Å². The molecule has 172 valence electrons. The van der Waals surface area contributed by atoms with E-state index in [1.807, 2.05) is 24.3 Å². The third kappa shape index (κ3) is 6.03. The average molecular weight is 467 g/mol. The van der Waals surface area contributed by atoms with Crippen LogP contribution in [0.2, 0.25) is 0 Å². The average Bonchev–Trinajstić information content (AvgIpc) is 3.26. The molecular formula is C24H26N4O4S. The standard InChI is InChI=1S/C24H26N4O4S/c1-4-15-28(16-5-2)33(30,31)21-13-11-20(12-14-21)23(29)25-24-27-26-22(32-24)17-19-9-7-18(6-3)8-10-19/h4-5,7-14H,1-2,6,15-17H2,3H3,(H,25,27,29). The number of aryl methyl sites for hydroxylation is 1. The third-order valence-corrected chi connectivity index (χ3v) is 6.74. The number of sulfonamides is 1. The molecule has 0 unspecified atom stereocenters. The van der Waals surface area contributed by atoms with Gasteiger partial charge in [-0.25, -0.2) is 8.42 Å². The number of nitrogens with one attached hydrogen (secondary N) is 1. The van der Waals surface area contributed by atoms with Crippen LogP contribution < -0.4 is 5.32 Å². The number of carbonyl (C=O) groups is 1. The molecule has 1 aromatic heterocycles. The van der Waals surface area contributed by atoms with Crippen LogP contribution in [0.1, 0.15) is 34.3 Å². The molecule has 0 radical (unpaired) electrons. The largest absolute Gasteiger partial charge is 0.407 e. The maximum absolute atomic E-state index is 12.8. The number of carbonyl (C=O) groups excluding carboxylic acids is 1. The fraction of sp³-hybridized carbons (Fsp3) is 0.208. The van der Waals surface area contributed by atoms with E-state index in [-0.39, 0.29) is 29.6 Å². The monoisotopic (exact) mass is 466 g/mol. The number of benzene rings is 2. The van der Waals surface area contributed by atoms with Crippen molar-refractivity contribution in [2.45, 2.75) is 24.7 Å². The first-order chi connectivity index (χ1) is 15.9. The quantitative estimate of drug-likeness (QED) is 0.431. The highest BCUT2D eigenvalue weighted by Crippen LogP contribution is 2.18. The predicted molar refractivity (Wildman–Crippen MR) is 126 cm³/mol. The highest BCUT2D eigenvalue weighted by molar-refractivity contribution is 7.89. The van der Waals surface area contributed by atoms with Crippen molar-refractivity contribution in [1.29, 1.82) is 0 Å². The Balaban J connectivity index is 1.66. The molecule has 1 heterocycles. The van der Waals surface area contributed by atoms with Crippen molar-refractivity contribution in [1.82, 2.24) is 14.5 Å². The van der Waals surface area contributed by atoms with Gasteiger partial charge in [0.1, 0.15) is 0 Å². The summed E-state index contributed by atoms with van der Waals surface area (Å²) in [7, 11) is -3.74. The summed E-state index contributed by atoms with van der Waals surface area (Å²) in [5, 5.41) is 10.4. The van der Waals surface area contributed by atoms with E-state index in [2.05, 4.69) is 35.6 Å². The summed E-state index contributed by atoms with van der Waals surface area (Å²) >= 11 is 0. The van der Waals surface area contributed by atoms with Gasteiger partial charge in [-0.1, -0.05) is 48.4 Å². The molecule has 0 aliphatic rings. The topological polar surface area (TPSA) is 105 Å². The Morgan fingerprint density at radius 2 is 1.61 bits per heavy atom. The molecule has 1 amide bonds. The Labute approximate surface area is 193 Å². The summed E-state index contributed by atoms with van der Waals surface area (Å²) in [5.74, 6) is -0.115. The Bertz CT molecular complexity index is 1210. The zero-order valence-electron chi connectivity index (χ0n) is 18.4. The van der Waals surface area contributed by atoms with Crippen LogP contribution in [0.15, 0.2) is 83.2 Å². The highest BCUT2D eigenvalue weighted by atomic mass is 32.2. The highest BCUT2D eigenvalue weighted by Gasteiger charge is 2.23. The molecule has 0 bridgehead atoms. The van der Waals surface area contributed by atoms with E-state index in [0.717, 1.165) is 12.0 Å². The molecule has 3 rings (SSSR count). The molecule has 2 aromatic carbocycles. The van der Waals surface area contributed by atoms with Crippen molar-refractivity contribution in [3.05, 3.63) is 96.4 Å². The van der Waals surface area contributed by atoms with Gasteiger partial charge in [-0.3, -0.25) is 10.1 Å². The third-order valence-electron chi connectivity index (χ3n) is 4.89. The molecule has 3 aromatic rings. The van der Waals surface area contributed by atoms with Gasteiger partial charge in [0.15, 0.2) is 0 Å². The van der Waals surface area contributed by atoms with E-state index in [0.29, 0.717) is 12.3 Å². The van der Waals surface area contributed by atoms with Crippen LogP contribution in [0.5, 0.6) is 0 Å². The fourth-order valence-corrected chi connectivity index (χ4v) is 4.48. The van der Waals surface area contributed by atoms with Gasteiger partial charge < -0.3 is 4.42 Å². The van der Waals surface area contributed by atoms with Crippen molar-refractivity contribution < 1.29 is 17.6 Å². The molecule has 0 saturated heterocycles. The summed E-state index contributed by atoms with van der Waals surface area (Å²) in [4.78, 5) is 12.6. The van der Waals surface area contributed by atoms with E-state index < -0.39 is 15.9 Å². The summed E-state index contributed by atoms with van der Waals surface area (Å²) < 4.78 is 32.3. The van der Waals surface area contributed by atoms with Crippen molar-refractivity contribution >= 4 is 21.9 Å². The number of aromatic nitrogens is 2. The maximum atomic E-state index is 12.8. The summed E-state index contributed by atoms with van der Waals surface area (Å²) in [6.07, 6.45) is 4.42. The fourth-order valence-electron chi connectivity index (χ4n) is 3.10. The van der Waals surface area contributed by atoms with Crippen LogP contribution in [0.25, 0.3) is 0 Å². The minimum atomic E-state index is -3.74. The molecule has 33 heavy (non-hydrogen) atoms. The normalized spacial score (nSPS) is 11.3. The van der Waals surface area contributed by atoms with Crippen LogP contribution in [0, 0.1) is 0 Å². The lowest BCUT2D eigenvalue weighted by Crippen LogP contribution is -2.31. The van der Waals surface area contributed by atoms with Gasteiger partial charge in [-0.15, -0.1) is 18.3 Å². The predicted octanol–water partition coefficient (Wildman–Crippen LogP) is 3.84. The first kappa shape index (κ1) is 24.1. The minimum Gasteiger partial charge on any atom is -0.407 e. The Morgan fingerprint density at radius 3 is 2.18 bits per heavy atom. The zero-order valence-corrected chi connectivity index (χ0v) is 19.2. The molecule has 0 aliphatic heterocycles. The van der Waals surface area contributed by atoms with E-state index in [4.69, 9.17) is 4.42 Å². The van der Waals surface area contributed by atoms with E-state index >= 15 is 0 Å². The van der Waals surface area contributed by atoms with E-state index in [9.17, 15) is 13.2 Å². The molecular weight excluding hydrogens is 440 g/mol. The molecule has 0 atom stereocenters. The number of nitrogens with zero attached hydrogens (tertiary/aromatic N) is 3. The van der Waals surface area contributed by atoms with Crippen LogP contribution >= 0.6 is 0 Å². The lowest BCUT2D eigenvalue weighted by molar-refractivity contribution is 0.102. The van der Waals surface area contributed by atoms with Crippen molar-refractivity contribution in [3.8, 4) is 0 Å². The first-order valence-corrected chi connectivity index (χ1v) is 11.8. The first-order valence-electron chi connectivity index (χ1n) is 10.4. The van der Waals surface area contributed by atoms with Crippen molar-refractivity contribution in [3.63, 3.8) is 0 Å². The Kier molecular flexibility index (Phi) is 7.92. The summed E-state index contributed by atoms with van der Waals surface area (Å²) in [5.41, 5.74) is 2.51. The molecule has 0 fully saturated rings. The summed E-state index contributed by atoms with van der Waals surface area (Å²) in [6.45, 7) is 9.57. The smallest absolute Gasteiger partial charge is 0.322 e. The second-order valence-corrected chi connectivity index (χ2v) is 9.16. The van der Waals surface area contributed by atoms with Gasteiger partial charge in [0.25, 0.3) is 5.91 Å². The lowest BCUT2D eigenvalue weighted by Gasteiger charge is -2.19. The molecule has 0 aliphatic carbocycles. The van der Waals surface area contributed by atoms with Gasteiger partial charge in [0.2, 0.25) is 15.9 Å². The number of anilines is 1. The zero-order chi connectivity index (χ0) is 23.8. The van der Waals surface area contributed by atoms with Crippen LogP contribution in [0.4, 0.5) is 6.01 Å². The lowest BCUT2D eigenvalue weighted by atomic mass is 10.1. The van der Waals surface area contributed by atoms with Gasteiger partial charge in [-0.05, 0) is 41.8 Å². The van der Waals surface area contributed by atoms with Crippen molar-refractivity contribution in [2.24, 2.45) is 0 Å². The van der Waals surface area contributed by atoms with E-state index in [1.165, 1.54) is 46.3 Å². The van der Waals surface area contributed by atoms with Crippen LogP contribution in [-0.2, 0) is 22.9 Å². The van der Waals surface area contributed by atoms with Crippen LogP contribution in [-0.4, -0.2) is 41.9 Å². The minimum absolute atomic E-state index is 0.0278. The van der Waals surface area contributed by atoms with Gasteiger partial charge in [0.05, 0.1) is 11.3 Å². The second kappa shape index (κ2) is 10.8. The second-order valence-electron chi connectivity index (χ2n) is 7.23. The summed E-state index contributed by atoms with van der Waals surface area (Å²) in [6, 6.07) is 13.7. The Hall–Kier alpha value is -3.56.